The molecule has 0 aliphatic heterocycles. The number of hydrogen-bond acceptors (Lipinski definition) is 3. The molecule has 0 saturated heterocycles. The van der Waals surface area contributed by atoms with Gasteiger partial charge in [-0.3, -0.25) is 4.98 Å². The summed E-state index contributed by atoms with van der Waals surface area (Å²) in [5.74, 6) is 0. The van der Waals surface area contributed by atoms with E-state index in [4.69, 9.17) is 0 Å². The highest BCUT2D eigenvalue weighted by Crippen LogP contribution is 2.21. The highest BCUT2D eigenvalue weighted by molar-refractivity contribution is 5.53. The Bertz CT molecular complexity index is 552. The fraction of sp³-hybridized carbons (Fsp3) is 0.389. The Balaban J connectivity index is 2.14. The Morgan fingerprint density at radius 1 is 1.19 bits per heavy atom. The number of aromatic nitrogens is 1. The number of nitrogens with zero attached hydrogens (tertiary/aromatic N) is 2. The van der Waals surface area contributed by atoms with E-state index < -0.39 is 0 Å². The van der Waals surface area contributed by atoms with Gasteiger partial charge in [-0.2, -0.15) is 0 Å². The summed E-state index contributed by atoms with van der Waals surface area (Å²) in [5, 5.41) is 3.46. The Morgan fingerprint density at radius 2 is 1.95 bits per heavy atom. The molecule has 112 valence electrons. The minimum atomic E-state index is 0.871. The van der Waals surface area contributed by atoms with Crippen molar-refractivity contribution in [1.82, 2.24) is 10.3 Å². The molecule has 1 aromatic carbocycles. The molecule has 3 nitrogen and oxygen atoms in total. The third kappa shape index (κ3) is 4.57. The zero-order valence-corrected chi connectivity index (χ0v) is 13.3. The van der Waals surface area contributed by atoms with Crippen molar-refractivity contribution in [1.29, 1.82) is 0 Å². The second kappa shape index (κ2) is 7.79. The van der Waals surface area contributed by atoms with Crippen molar-refractivity contribution in [3.63, 3.8) is 0 Å². The molecule has 0 atom stereocenters. The van der Waals surface area contributed by atoms with Crippen LogP contribution in [0.5, 0.6) is 0 Å². The maximum Gasteiger partial charge on any atom is 0.0445 e. The van der Waals surface area contributed by atoms with Gasteiger partial charge in [0.05, 0.1) is 0 Å². The highest BCUT2D eigenvalue weighted by Gasteiger charge is 2.09. The molecule has 0 bridgehead atoms. The Labute approximate surface area is 128 Å². The maximum absolute atomic E-state index is 4.44. The van der Waals surface area contributed by atoms with E-state index in [9.17, 15) is 0 Å². The number of benzene rings is 1. The van der Waals surface area contributed by atoms with Crippen LogP contribution in [0.3, 0.4) is 0 Å². The van der Waals surface area contributed by atoms with Crippen molar-refractivity contribution < 1.29 is 0 Å². The SMILES string of the molecule is CCCNCc1cnc(C)cc1N(C)Cc1ccccc1. The Kier molecular flexibility index (Phi) is 5.76. The van der Waals surface area contributed by atoms with Gasteiger partial charge in [0.25, 0.3) is 0 Å². The van der Waals surface area contributed by atoms with Crippen molar-refractivity contribution in [3.05, 3.63) is 59.4 Å². The van der Waals surface area contributed by atoms with Crippen LogP contribution in [0.2, 0.25) is 0 Å². The average molecular weight is 283 g/mol. The van der Waals surface area contributed by atoms with E-state index in [1.807, 2.05) is 13.1 Å². The van der Waals surface area contributed by atoms with Gasteiger partial charge >= 0.3 is 0 Å². The molecule has 2 rings (SSSR count). The lowest BCUT2D eigenvalue weighted by Crippen LogP contribution is -2.21. The summed E-state index contributed by atoms with van der Waals surface area (Å²) in [5.41, 5.74) is 4.90. The number of rotatable bonds is 7. The summed E-state index contributed by atoms with van der Waals surface area (Å²) in [7, 11) is 2.14. The van der Waals surface area contributed by atoms with Crippen LogP contribution in [0.4, 0.5) is 5.69 Å². The van der Waals surface area contributed by atoms with Crippen molar-refractivity contribution in [3.8, 4) is 0 Å². The van der Waals surface area contributed by atoms with Gasteiger partial charge in [-0.25, -0.2) is 0 Å². The Hall–Kier alpha value is -1.87. The lowest BCUT2D eigenvalue weighted by atomic mass is 10.1. The molecule has 0 amide bonds. The molecule has 1 N–H and O–H groups in total. The monoisotopic (exact) mass is 283 g/mol. The molecule has 0 fully saturated rings. The van der Waals surface area contributed by atoms with Crippen molar-refractivity contribution >= 4 is 5.69 Å². The molecule has 3 heteroatoms. The maximum atomic E-state index is 4.44. The summed E-state index contributed by atoms with van der Waals surface area (Å²) in [6, 6.07) is 12.7. The number of aryl methyl sites for hydroxylation is 1. The van der Waals surface area contributed by atoms with E-state index in [1.165, 1.54) is 16.8 Å². The fourth-order valence-corrected chi connectivity index (χ4v) is 2.41. The van der Waals surface area contributed by atoms with Gasteiger partial charge in [-0.05, 0) is 31.5 Å². The van der Waals surface area contributed by atoms with Gasteiger partial charge in [-0.15, -0.1) is 0 Å². The largest absolute Gasteiger partial charge is 0.370 e. The molecule has 0 radical (unpaired) electrons. The third-order valence-electron chi connectivity index (χ3n) is 3.51. The summed E-state index contributed by atoms with van der Waals surface area (Å²) in [6.07, 6.45) is 3.14. The van der Waals surface area contributed by atoms with Gasteiger partial charge in [-0.1, -0.05) is 37.3 Å². The second-order valence-corrected chi connectivity index (χ2v) is 5.47. The van der Waals surface area contributed by atoms with Crippen molar-refractivity contribution in [2.45, 2.75) is 33.4 Å². The predicted octanol–water partition coefficient (Wildman–Crippen LogP) is 3.53. The molecule has 0 aliphatic rings. The molecular formula is C18H25N3. The van der Waals surface area contributed by atoms with Gasteiger partial charge in [0.2, 0.25) is 0 Å². The quantitative estimate of drug-likeness (QED) is 0.788. The smallest absolute Gasteiger partial charge is 0.0445 e. The zero-order valence-electron chi connectivity index (χ0n) is 13.3. The molecule has 0 unspecified atom stereocenters. The molecule has 1 heterocycles. The zero-order chi connectivity index (χ0) is 15.1. The van der Waals surface area contributed by atoms with Crippen LogP contribution in [0.25, 0.3) is 0 Å². The van der Waals surface area contributed by atoms with Crippen LogP contribution in [0.15, 0.2) is 42.6 Å². The summed E-state index contributed by atoms with van der Waals surface area (Å²) in [6.45, 7) is 7.04. The van der Waals surface area contributed by atoms with E-state index >= 15 is 0 Å². The van der Waals surface area contributed by atoms with Crippen LogP contribution in [0.1, 0.15) is 30.2 Å². The predicted molar refractivity (Wildman–Crippen MR) is 89.5 cm³/mol. The van der Waals surface area contributed by atoms with E-state index in [-0.39, 0.29) is 0 Å². The minimum absolute atomic E-state index is 0.871. The minimum Gasteiger partial charge on any atom is -0.370 e. The van der Waals surface area contributed by atoms with Crippen molar-refractivity contribution in [2.75, 3.05) is 18.5 Å². The van der Waals surface area contributed by atoms with Crippen molar-refractivity contribution in [2.24, 2.45) is 0 Å². The molecule has 1 aromatic heterocycles. The number of nitrogens with one attached hydrogen (secondary N) is 1. The second-order valence-electron chi connectivity index (χ2n) is 5.47. The molecule has 2 aromatic rings. The lowest BCUT2D eigenvalue weighted by Gasteiger charge is -2.23. The summed E-state index contributed by atoms with van der Waals surface area (Å²) < 4.78 is 0. The van der Waals surface area contributed by atoms with Crippen LogP contribution in [-0.2, 0) is 13.1 Å². The highest BCUT2D eigenvalue weighted by atomic mass is 15.1. The molecule has 0 saturated carbocycles. The summed E-state index contributed by atoms with van der Waals surface area (Å²) in [4.78, 5) is 6.74. The number of anilines is 1. The average Bonchev–Trinajstić information content (AvgIpc) is 2.50. The molecule has 0 spiro atoms. The number of pyridine rings is 1. The van der Waals surface area contributed by atoms with E-state index in [1.54, 1.807) is 0 Å². The van der Waals surface area contributed by atoms with Crippen LogP contribution < -0.4 is 10.2 Å². The van der Waals surface area contributed by atoms with Crippen LogP contribution in [-0.4, -0.2) is 18.6 Å². The first-order chi connectivity index (χ1) is 10.2. The van der Waals surface area contributed by atoms with Gasteiger partial charge in [0, 0.05) is 43.3 Å². The van der Waals surface area contributed by atoms with Gasteiger partial charge in [0.1, 0.15) is 0 Å². The molecule has 0 aliphatic carbocycles. The van der Waals surface area contributed by atoms with Crippen LogP contribution in [0, 0.1) is 6.92 Å². The lowest BCUT2D eigenvalue weighted by molar-refractivity contribution is 0.671. The van der Waals surface area contributed by atoms with Gasteiger partial charge < -0.3 is 10.2 Å². The number of hydrogen-bond donors (Lipinski definition) is 1. The Morgan fingerprint density at radius 3 is 2.67 bits per heavy atom. The molecule has 21 heavy (non-hydrogen) atoms. The third-order valence-corrected chi connectivity index (χ3v) is 3.51. The topological polar surface area (TPSA) is 28.2 Å². The first kappa shape index (κ1) is 15.5. The summed E-state index contributed by atoms with van der Waals surface area (Å²) >= 11 is 0. The first-order valence-electron chi connectivity index (χ1n) is 7.62. The van der Waals surface area contributed by atoms with E-state index in [0.29, 0.717) is 0 Å². The van der Waals surface area contributed by atoms with E-state index in [0.717, 1.165) is 31.7 Å². The normalized spacial score (nSPS) is 10.6. The first-order valence-corrected chi connectivity index (χ1v) is 7.62. The fourth-order valence-electron chi connectivity index (χ4n) is 2.41. The molecular weight excluding hydrogens is 258 g/mol. The standard InChI is InChI=1S/C18H25N3/c1-4-10-19-12-17-13-20-15(2)11-18(17)21(3)14-16-8-6-5-7-9-16/h5-9,11,13,19H,4,10,12,14H2,1-3H3. The van der Waals surface area contributed by atoms with Crippen LogP contribution >= 0.6 is 0 Å². The van der Waals surface area contributed by atoms with Gasteiger partial charge in [0.15, 0.2) is 0 Å². The van der Waals surface area contributed by atoms with E-state index in [2.05, 4.69) is 65.6 Å².